The zero-order valence-electron chi connectivity index (χ0n) is 14.1. The number of hydrogen-bond donors (Lipinski definition) is 0. The van der Waals surface area contributed by atoms with Gasteiger partial charge in [-0.1, -0.05) is 35.9 Å². The van der Waals surface area contributed by atoms with Crippen molar-refractivity contribution in [1.82, 2.24) is 4.90 Å². The van der Waals surface area contributed by atoms with Crippen LogP contribution < -0.4 is 0 Å². The van der Waals surface area contributed by atoms with Crippen molar-refractivity contribution >= 4 is 23.2 Å². The van der Waals surface area contributed by atoms with Crippen LogP contribution in [0.3, 0.4) is 0 Å². The Labute approximate surface area is 156 Å². The summed E-state index contributed by atoms with van der Waals surface area (Å²) in [6.45, 7) is 1.43. The molecular formula is C19H19ClN2O4. The number of amides is 1. The molecule has 0 N–H and O–H groups in total. The topological polar surface area (TPSA) is 72.7 Å². The summed E-state index contributed by atoms with van der Waals surface area (Å²) in [4.78, 5) is 24.9. The van der Waals surface area contributed by atoms with Crippen LogP contribution >= 0.6 is 11.6 Å². The van der Waals surface area contributed by atoms with Gasteiger partial charge in [0.25, 0.3) is 11.6 Å². The molecule has 0 aromatic heterocycles. The highest BCUT2D eigenvalue weighted by molar-refractivity contribution is 6.33. The Balaban J connectivity index is 1.60. The van der Waals surface area contributed by atoms with Gasteiger partial charge in [-0.05, 0) is 30.5 Å². The van der Waals surface area contributed by atoms with Gasteiger partial charge in [-0.2, -0.15) is 0 Å². The van der Waals surface area contributed by atoms with Crippen molar-refractivity contribution in [3.8, 4) is 0 Å². The molecule has 1 saturated heterocycles. The van der Waals surface area contributed by atoms with E-state index >= 15 is 0 Å². The van der Waals surface area contributed by atoms with Crippen molar-refractivity contribution in [2.24, 2.45) is 0 Å². The second kappa shape index (κ2) is 8.29. The molecule has 1 fully saturated rings. The molecule has 0 spiro atoms. The van der Waals surface area contributed by atoms with E-state index in [1.54, 1.807) is 41.3 Å². The number of hydrogen-bond acceptors (Lipinski definition) is 4. The number of piperidine rings is 1. The molecular weight excluding hydrogens is 356 g/mol. The second-order valence-corrected chi connectivity index (χ2v) is 6.64. The molecule has 6 nitrogen and oxygen atoms in total. The Kier molecular flexibility index (Phi) is 5.85. The Bertz CT molecular complexity index is 812. The van der Waals surface area contributed by atoms with Crippen LogP contribution in [-0.2, 0) is 11.3 Å². The molecule has 1 heterocycles. The molecule has 1 unspecified atom stereocenters. The highest BCUT2D eigenvalue weighted by atomic mass is 35.5. The van der Waals surface area contributed by atoms with Gasteiger partial charge in [0.05, 0.1) is 28.2 Å². The Morgan fingerprint density at radius 1 is 1.27 bits per heavy atom. The van der Waals surface area contributed by atoms with E-state index in [0.29, 0.717) is 23.7 Å². The van der Waals surface area contributed by atoms with Gasteiger partial charge in [0.1, 0.15) is 0 Å². The highest BCUT2D eigenvalue weighted by Gasteiger charge is 2.26. The number of nitro benzene ring substituents is 1. The molecule has 0 aliphatic carbocycles. The lowest BCUT2D eigenvalue weighted by atomic mass is 10.1. The van der Waals surface area contributed by atoms with Crippen molar-refractivity contribution in [2.45, 2.75) is 25.6 Å². The van der Waals surface area contributed by atoms with Gasteiger partial charge in [-0.25, -0.2) is 0 Å². The molecule has 7 heteroatoms. The molecule has 1 amide bonds. The molecule has 1 aliphatic heterocycles. The fourth-order valence-corrected chi connectivity index (χ4v) is 3.25. The van der Waals surface area contributed by atoms with Crippen LogP contribution in [0, 0.1) is 10.1 Å². The summed E-state index contributed by atoms with van der Waals surface area (Å²) in [7, 11) is 0. The predicted molar refractivity (Wildman–Crippen MR) is 98.3 cm³/mol. The number of ether oxygens (including phenoxy) is 1. The summed E-state index contributed by atoms with van der Waals surface area (Å²) in [5.41, 5.74) is 1.28. The predicted octanol–water partition coefficient (Wildman–Crippen LogP) is 4.07. The Morgan fingerprint density at radius 2 is 2.08 bits per heavy atom. The van der Waals surface area contributed by atoms with Crippen LogP contribution in [0.1, 0.15) is 28.8 Å². The molecule has 1 aliphatic rings. The van der Waals surface area contributed by atoms with E-state index in [1.165, 1.54) is 12.1 Å². The van der Waals surface area contributed by atoms with E-state index in [0.717, 1.165) is 18.4 Å². The van der Waals surface area contributed by atoms with E-state index in [2.05, 4.69) is 0 Å². The summed E-state index contributed by atoms with van der Waals surface area (Å²) in [5.74, 6) is -0.0979. The summed E-state index contributed by atoms with van der Waals surface area (Å²) in [5, 5.41) is 11.3. The van der Waals surface area contributed by atoms with Crippen molar-refractivity contribution < 1.29 is 14.5 Å². The monoisotopic (exact) mass is 374 g/mol. The Morgan fingerprint density at radius 3 is 2.85 bits per heavy atom. The first kappa shape index (κ1) is 18.4. The van der Waals surface area contributed by atoms with Crippen LogP contribution in [0.15, 0.2) is 48.5 Å². The van der Waals surface area contributed by atoms with Crippen molar-refractivity contribution in [2.75, 3.05) is 13.1 Å². The third-order valence-corrected chi connectivity index (χ3v) is 4.71. The quantitative estimate of drug-likeness (QED) is 0.584. The Hall–Kier alpha value is -2.44. The number of nitrogens with zero attached hydrogens (tertiary/aromatic N) is 2. The first-order valence-corrected chi connectivity index (χ1v) is 8.81. The fourth-order valence-electron chi connectivity index (χ4n) is 3.04. The molecule has 2 aromatic rings. The number of benzene rings is 2. The number of carbonyl (C=O) groups excluding carboxylic acids is 1. The number of rotatable bonds is 5. The van der Waals surface area contributed by atoms with Crippen molar-refractivity contribution in [1.29, 1.82) is 0 Å². The maximum atomic E-state index is 12.7. The average molecular weight is 375 g/mol. The largest absolute Gasteiger partial charge is 0.372 e. The van der Waals surface area contributed by atoms with E-state index in [4.69, 9.17) is 16.3 Å². The maximum absolute atomic E-state index is 12.7. The molecule has 0 radical (unpaired) electrons. The van der Waals surface area contributed by atoms with Gasteiger partial charge >= 0.3 is 0 Å². The first-order chi connectivity index (χ1) is 12.5. The van der Waals surface area contributed by atoms with Gasteiger partial charge in [0.2, 0.25) is 0 Å². The number of likely N-dealkylation sites (tertiary alicyclic amines) is 1. The van der Waals surface area contributed by atoms with Crippen molar-refractivity contribution in [3.63, 3.8) is 0 Å². The normalized spacial score (nSPS) is 17.1. The molecule has 2 aromatic carbocycles. The molecule has 0 saturated carbocycles. The number of nitro groups is 1. The summed E-state index contributed by atoms with van der Waals surface area (Å²) >= 11 is 6.12. The molecule has 3 rings (SSSR count). The minimum Gasteiger partial charge on any atom is -0.372 e. The minimum absolute atomic E-state index is 0.0465. The highest BCUT2D eigenvalue weighted by Crippen LogP contribution is 2.22. The van der Waals surface area contributed by atoms with Gasteiger partial charge in [0, 0.05) is 25.2 Å². The zero-order valence-corrected chi connectivity index (χ0v) is 14.9. The summed E-state index contributed by atoms with van der Waals surface area (Å²) in [6, 6.07) is 13.4. The third-order valence-electron chi connectivity index (χ3n) is 4.38. The lowest BCUT2D eigenvalue weighted by Crippen LogP contribution is -2.43. The van der Waals surface area contributed by atoms with E-state index in [-0.39, 0.29) is 24.3 Å². The van der Waals surface area contributed by atoms with Crippen LogP contribution in [-0.4, -0.2) is 34.9 Å². The standard InChI is InChI=1S/C19H19ClN2O4/c20-18-9-2-1-8-17(18)19(23)21-10-4-7-16(12-21)26-13-14-5-3-6-15(11-14)22(24)25/h1-3,5-6,8-9,11,16H,4,7,10,12-13H2. The fraction of sp³-hybridized carbons (Fsp3) is 0.316. The van der Waals surface area contributed by atoms with Crippen molar-refractivity contribution in [3.05, 3.63) is 74.8 Å². The smallest absolute Gasteiger partial charge is 0.269 e. The van der Waals surface area contributed by atoms with Crippen LogP contribution in [0.4, 0.5) is 5.69 Å². The summed E-state index contributed by atoms with van der Waals surface area (Å²) in [6.07, 6.45) is 1.59. The third kappa shape index (κ3) is 4.39. The minimum atomic E-state index is -0.423. The maximum Gasteiger partial charge on any atom is 0.269 e. The number of carbonyl (C=O) groups is 1. The molecule has 0 bridgehead atoms. The second-order valence-electron chi connectivity index (χ2n) is 6.23. The van der Waals surface area contributed by atoms with Crippen LogP contribution in [0.25, 0.3) is 0 Å². The van der Waals surface area contributed by atoms with E-state index < -0.39 is 4.92 Å². The lowest BCUT2D eigenvalue weighted by Gasteiger charge is -2.33. The average Bonchev–Trinajstić information content (AvgIpc) is 2.67. The van der Waals surface area contributed by atoms with Gasteiger partial charge in [-0.3, -0.25) is 14.9 Å². The van der Waals surface area contributed by atoms with E-state index in [1.807, 2.05) is 0 Å². The SMILES string of the molecule is O=C(c1ccccc1Cl)N1CCCC(OCc2cccc([N+](=O)[O-])c2)C1. The molecule has 1 atom stereocenters. The molecule has 136 valence electrons. The van der Waals surface area contributed by atoms with E-state index in [9.17, 15) is 14.9 Å². The number of halogens is 1. The lowest BCUT2D eigenvalue weighted by molar-refractivity contribution is -0.385. The van der Waals surface area contributed by atoms with Gasteiger partial charge < -0.3 is 9.64 Å². The van der Waals surface area contributed by atoms with Crippen LogP contribution in [0.5, 0.6) is 0 Å². The van der Waals surface area contributed by atoms with Gasteiger partial charge in [-0.15, -0.1) is 0 Å². The van der Waals surface area contributed by atoms with Crippen LogP contribution in [0.2, 0.25) is 5.02 Å². The zero-order chi connectivity index (χ0) is 18.5. The van der Waals surface area contributed by atoms with Gasteiger partial charge in [0.15, 0.2) is 0 Å². The first-order valence-electron chi connectivity index (χ1n) is 8.43. The summed E-state index contributed by atoms with van der Waals surface area (Å²) < 4.78 is 5.90. The number of non-ortho nitro benzene ring substituents is 1. The molecule has 26 heavy (non-hydrogen) atoms.